The largest absolute Gasteiger partial charge is 0.462 e. The van der Waals surface area contributed by atoms with E-state index in [1.807, 2.05) is 13.0 Å². The Morgan fingerprint density at radius 2 is 2.07 bits per heavy atom. The molecule has 2 unspecified atom stereocenters. The summed E-state index contributed by atoms with van der Waals surface area (Å²) in [6, 6.07) is 3.17. The van der Waals surface area contributed by atoms with Crippen LogP contribution in [0.4, 0.5) is 15.8 Å². The van der Waals surface area contributed by atoms with Gasteiger partial charge in [-0.05, 0) is 31.2 Å². The first-order chi connectivity index (χ1) is 13.5. The van der Waals surface area contributed by atoms with Crippen molar-refractivity contribution in [3.63, 3.8) is 0 Å². The van der Waals surface area contributed by atoms with Crippen LogP contribution in [-0.4, -0.2) is 49.9 Å². The Hall–Kier alpha value is -1.74. The van der Waals surface area contributed by atoms with Gasteiger partial charge in [-0.2, -0.15) is 0 Å². The number of halogens is 1. The van der Waals surface area contributed by atoms with Gasteiger partial charge in [-0.25, -0.2) is 9.18 Å². The number of ketones is 1. The molecule has 0 saturated carbocycles. The fourth-order valence-electron chi connectivity index (χ4n) is 4.11. The number of quaternary nitrogens is 3. The van der Waals surface area contributed by atoms with Crippen LogP contribution in [-0.2, 0) is 9.53 Å². The topological polar surface area (TPSA) is 68.9 Å². The van der Waals surface area contributed by atoms with Gasteiger partial charge in [-0.3, -0.25) is 14.6 Å². The minimum absolute atomic E-state index is 0.0776. The minimum atomic E-state index is -0.585. The van der Waals surface area contributed by atoms with Gasteiger partial charge in [0.1, 0.15) is 26.2 Å². The Morgan fingerprint density at radius 3 is 2.75 bits per heavy atom. The molecule has 1 aromatic rings. The zero-order valence-electron chi connectivity index (χ0n) is 16.3. The SMILES string of the molecule is CCCCOC(=O)C1=C2SC(C)[NH+]2c2cc([NH+]3CC[NH2+]CC3)c(F)cc2C1=O. The smallest absolute Gasteiger partial charge is 0.348 e. The van der Waals surface area contributed by atoms with Gasteiger partial charge in [-0.15, -0.1) is 0 Å². The van der Waals surface area contributed by atoms with Crippen LogP contribution in [0.25, 0.3) is 0 Å². The fourth-order valence-corrected chi connectivity index (χ4v) is 5.35. The third-order valence-electron chi connectivity index (χ3n) is 5.66. The lowest BCUT2D eigenvalue weighted by Gasteiger charge is -2.39. The summed E-state index contributed by atoms with van der Waals surface area (Å²) < 4.78 is 20.2. The maximum absolute atomic E-state index is 14.9. The summed E-state index contributed by atoms with van der Waals surface area (Å²) in [4.78, 5) is 27.7. The van der Waals surface area contributed by atoms with Crippen LogP contribution in [0.2, 0.25) is 0 Å². The summed E-state index contributed by atoms with van der Waals surface area (Å²) in [5.41, 5.74) is 1.78. The lowest BCUT2D eigenvalue weighted by Crippen LogP contribution is -3.17. The van der Waals surface area contributed by atoms with Crippen molar-refractivity contribution < 1.29 is 33.8 Å². The molecule has 0 aromatic heterocycles. The number of nitrogens with one attached hydrogen (secondary N) is 2. The number of benzene rings is 1. The van der Waals surface area contributed by atoms with Gasteiger partial charge in [0.05, 0.1) is 18.2 Å². The Labute approximate surface area is 168 Å². The lowest BCUT2D eigenvalue weighted by molar-refractivity contribution is -0.896. The molecular weight excluding hydrogens is 381 g/mol. The van der Waals surface area contributed by atoms with Crippen molar-refractivity contribution in [3.05, 3.63) is 34.1 Å². The Kier molecular flexibility index (Phi) is 5.55. The Bertz CT molecular complexity index is 851. The first kappa shape index (κ1) is 19.6. The van der Waals surface area contributed by atoms with Gasteiger partial charge in [-0.1, -0.05) is 13.3 Å². The lowest BCUT2D eigenvalue weighted by atomic mass is 9.96. The molecule has 4 rings (SSSR count). The second kappa shape index (κ2) is 7.94. The highest BCUT2D eigenvalue weighted by Crippen LogP contribution is 2.38. The van der Waals surface area contributed by atoms with E-state index in [-0.39, 0.29) is 22.3 Å². The summed E-state index contributed by atoms with van der Waals surface area (Å²) in [6.07, 6.45) is 1.66. The highest BCUT2D eigenvalue weighted by molar-refractivity contribution is 8.04. The van der Waals surface area contributed by atoms with Crippen LogP contribution >= 0.6 is 11.8 Å². The molecule has 0 radical (unpaired) electrons. The van der Waals surface area contributed by atoms with Crippen LogP contribution in [0.15, 0.2) is 22.7 Å². The van der Waals surface area contributed by atoms with E-state index in [2.05, 4.69) is 12.2 Å². The van der Waals surface area contributed by atoms with Crippen LogP contribution < -0.4 is 15.1 Å². The van der Waals surface area contributed by atoms with E-state index in [0.717, 1.165) is 54.5 Å². The maximum Gasteiger partial charge on any atom is 0.348 e. The molecule has 6 nitrogen and oxygen atoms in total. The van der Waals surface area contributed by atoms with Crippen molar-refractivity contribution in [2.75, 3.05) is 32.8 Å². The number of ether oxygens (including phenoxy) is 1. The van der Waals surface area contributed by atoms with Gasteiger partial charge < -0.3 is 10.1 Å². The molecule has 0 spiro atoms. The first-order valence-corrected chi connectivity index (χ1v) is 10.9. The standard InChI is InChI=1S/C20H24FN3O3S/c1-3-4-9-27-20(26)17-18(25)13-10-14(21)16(23-7-5-22-6-8-23)11-15(13)24-12(2)28-19(17)24/h10-12,22H,3-9H2,1-2H3/p+3. The number of unbranched alkanes of at least 4 members (excludes halogenated alkanes) is 1. The Morgan fingerprint density at radius 1 is 1.32 bits per heavy atom. The summed E-state index contributed by atoms with van der Waals surface area (Å²) in [7, 11) is 0. The maximum atomic E-state index is 14.9. The minimum Gasteiger partial charge on any atom is -0.462 e. The van der Waals surface area contributed by atoms with E-state index >= 15 is 0 Å². The second-order valence-electron chi connectivity index (χ2n) is 7.54. The van der Waals surface area contributed by atoms with Crippen molar-refractivity contribution >= 4 is 34.9 Å². The zero-order chi connectivity index (χ0) is 19.8. The Balaban J connectivity index is 1.70. The van der Waals surface area contributed by atoms with Gasteiger partial charge in [0.25, 0.3) is 0 Å². The van der Waals surface area contributed by atoms with Gasteiger partial charge in [0.15, 0.2) is 33.2 Å². The van der Waals surface area contributed by atoms with E-state index in [0.29, 0.717) is 17.3 Å². The van der Waals surface area contributed by atoms with Gasteiger partial charge in [0.2, 0.25) is 5.78 Å². The number of piperazine rings is 1. The van der Waals surface area contributed by atoms with Gasteiger partial charge in [0, 0.05) is 0 Å². The third kappa shape index (κ3) is 3.28. The monoisotopic (exact) mass is 408 g/mol. The molecule has 3 aliphatic rings. The number of thioether (sulfide) groups is 1. The molecule has 2 atom stereocenters. The zero-order valence-corrected chi connectivity index (χ0v) is 17.1. The van der Waals surface area contributed by atoms with E-state index in [1.54, 1.807) is 0 Å². The van der Waals surface area contributed by atoms with E-state index in [4.69, 9.17) is 4.74 Å². The number of hydrogen-bond donors (Lipinski definition) is 3. The highest BCUT2D eigenvalue weighted by atomic mass is 32.2. The van der Waals surface area contributed by atoms with E-state index < -0.39 is 11.8 Å². The summed E-state index contributed by atoms with van der Waals surface area (Å²) in [5, 5.41) is 3.12. The number of nitrogens with two attached hydrogens (primary N) is 1. The number of hydrogen-bond acceptors (Lipinski definition) is 4. The molecule has 28 heavy (non-hydrogen) atoms. The van der Waals surface area contributed by atoms with Crippen molar-refractivity contribution in [2.45, 2.75) is 32.1 Å². The van der Waals surface area contributed by atoms with E-state index in [1.165, 1.54) is 17.8 Å². The molecule has 0 aliphatic carbocycles. The van der Waals surface area contributed by atoms with Crippen molar-refractivity contribution in [1.29, 1.82) is 0 Å². The number of carbonyl (C=O) groups excluding carboxylic acids is 2. The molecule has 150 valence electrons. The third-order valence-corrected chi connectivity index (χ3v) is 6.91. The van der Waals surface area contributed by atoms with Gasteiger partial charge >= 0.3 is 5.97 Å². The molecule has 1 aromatic carbocycles. The van der Waals surface area contributed by atoms with Crippen molar-refractivity contribution in [2.24, 2.45) is 0 Å². The van der Waals surface area contributed by atoms with Crippen LogP contribution in [0.3, 0.4) is 0 Å². The summed E-state index contributed by atoms with van der Waals surface area (Å²) in [5.74, 6) is -1.37. The number of esters is 1. The first-order valence-electron chi connectivity index (χ1n) is 10.0. The molecule has 3 aliphatic heterocycles. The molecule has 3 heterocycles. The number of fused-ring (bicyclic) bond motifs is 3. The normalized spacial score (nSPS) is 24.5. The predicted octanol–water partition coefficient (Wildman–Crippen LogP) is -0.720. The summed E-state index contributed by atoms with van der Waals surface area (Å²) >= 11 is 1.52. The predicted molar refractivity (Wildman–Crippen MR) is 103 cm³/mol. The summed E-state index contributed by atoms with van der Waals surface area (Å²) in [6.45, 7) is 8.01. The number of rotatable bonds is 5. The van der Waals surface area contributed by atoms with E-state index in [9.17, 15) is 14.0 Å². The molecule has 2 fully saturated rings. The fraction of sp³-hybridized carbons (Fsp3) is 0.500. The van der Waals surface area contributed by atoms with Crippen molar-refractivity contribution in [1.82, 2.24) is 0 Å². The van der Waals surface area contributed by atoms with Crippen molar-refractivity contribution in [3.8, 4) is 0 Å². The average molecular weight is 409 g/mol. The number of carbonyl (C=O) groups is 2. The van der Waals surface area contributed by atoms with Crippen LogP contribution in [0, 0.1) is 5.82 Å². The molecule has 0 bridgehead atoms. The quantitative estimate of drug-likeness (QED) is 0.342. The second-order valence-corrected chi connectivity index (χ2v) is 8.89. The molecule has 4 N–H and O–H groups in total. The molecular formula is C20H27FN3O3S+3. The average Bonchev–Trinajstić information content (AvgIpc) is 2.68. The molecule has 2 saturated heterocycles. The van der Waals surface area contributed by atoms with Crippen LogP contribution in [0.1, 0.15) is 37.0 Å². The van der Waals surface area contributed by atoms with Crippen LogP contribution in [0.5, 0.6) is 0 Å². The number of Topliss-reactive ketones (excluding diaryl/α,β-unsaturated/α-hetero) is 1. The molecule has 0 amide bonds. The molecule has 8 heteroatoms. The highest BCUT2D eigenvalue weighted by Gasteiger charge is 2.51.